The van der Waals surface area contributed by atoms with Gasteiger partial charge in [-0.25, -0.2) is 4.98 Å². The van der Waals surface area contributed by atoms with Gasteiger partial charge in [0.1, 0.15) is 5.82 Å². The quantitative estimate of drug-likeness (QED) is 0.836. The number of aryl methyl sites for hydroxylation is 2. The third-order valence-electron chi connectivity index (χ3n) is 4.86. The van der Waals surface area contributed by atoms with Crippen LogP contribution in [-0.2, 0) is 0 Å². The highest BCUT2D eigenvalue weighted by Gasteiger charge is 2.26. The maximum absolute atomic E-state index is 4.75. The first-order valence-electron chi connectivity index (χ1n) is 8.45. The number of piperidine rings is 1. The highest BCUT2D eigenvalue weighted by Crippen LogP contribution is 2.32. The number of hydrogen-bond acceptors (Lipinski definition) is 2. The number of aromatic nitrogens is 2. The first-order valence-corrected chi connectivity index (χ1v) is 8.45. The van der Waals surface area contributed by atoms with E-state index >= 15 is 0 Å². The van der Waals surface area contributed by atoms with E-state index in [1.54, 1.807) is 0 Å². The average Bonchev–Trinajstić information content (AvgIpc) is 2.86. The molecule has 22 heavy (non-hydrogen) atoms. The Kier molecular flexibility index (Phi) is 4.34. The van der Waals surface area contributed by atoms with Crippen molar-refractivity contribution in [2.75, 3.05) is 6.54 Å². The Balaban J connectivity index is 1.88. The van der Waals surface area contributed by atoms with Crippen LogP contribution in [0.15, 0.2) is 30.5 Å². The van der Waals surface area contributed by atoms with Crippen LogP contribution in [0, 0.1) is 13.8 Å². The van der Waals surface area contributed by atoms with E-state index in [-0.39, 0.29) is 0 Å². The molecule has 1 aliphatic rings. The van der Waals surface area contributed by atoms with E-state index in [9.17, 15) is 0 Å². The molecule has 0 spiro atoms. The van der Waals surface area contributed by atoms with Crippen LogP contribution < -0.4 is 0 Å². The summed E-state index contributed by atoms with van der Waals surface area (Å²) in [7, 11) is 0. The first kappa shape index (κ1) is 15.3. The lowest BCUT2D eigenvalue weighted by molar-refractivity contribution is 0.112. The summed E-state index contributed by atoms with van der Waals surface area (Å²) in [6.07, 6.45) is 5.98. The zero-order valence-corrected chi connectivity index (χ0v) is 14.2. The van der Waals surface area contributed by atoms with Gasteiger partial charge in [-0.1, -0.05) is 12.5 Å². The van der Waals surface area contributed by atoms with Crippen molar-refractivity contribution in [3.63, 3.8) is 0 Å². The normalized spacial score (nSPS) is 19.8. The fraction of sp³-hybridized carbons (Fsp3) is 0.526. The SMILES string of the molecule is Cc1ccc(C)n1-c1ccc([C@@H]2CCCCN2C(C)C)cn1. The minimum atomic E-state index is 0.530. The lowest BCUT2D eigenvalue weighted by atomic mass is 9.95. The Bertz CT molecular complexity index is 605. The summed E-state index contributed by atoms with van der Waals surface area (Å²) in [6.45, 7) is 10.1. The van der Waals surface area contributed by atoms with E-state index < -0.39 is 0 Å². The molecule has 1 fully saturated rings. The molecule has 118 valence electrons. The van der Waals surface area contributed by atoms with Crippen molar-refractivity contribution in [1.29, 1.82) is 0 Å². The van der Waals surface area contributed by atoms with Crippen LogP contribution in [0.5, 0.6) is 0 Å². The van der Waals surface area contributed by atoms with Gasteiger partial charge in [-0.3, -0.25) is 4.90 Å². The number of likely N-dealkylation sites (tertiary alicyclic amines) is 1. The predicted octanol–water partition coefficient (Wildman–Crippen LogP) is 4.42. The molecular weight excluding hydrogens is 270 g/mol. The van der Waals surface area contributed by atoms with Gasteiger partial charge in [0.15, 0.2) is 0 Å². The molecule has 3 heterocycles. The molecule has 0 N–H and O–H groups in total. The number of pyridine rings is 1. The maximum Gasteiger partial charge on any atom is 0.136 e. The van der Waals surface area contributed by atoms with Crippen molar-refractivity contribution in [3.05, 3.63) is 47.4 Å². The summed E-state index contributed by atoms with van der Waals surface area (Å²) in [5.74, 6) is 1.02. The minimum absolute atomic E-state index is 0.530. The third kappa shape index (κ3) is 2.82. The summed E-state index contributed by atoms with van der Waals surface area (Å²) in [5, 5.41) is 0. The lowest BCUT2D eigenvalue weighted by Gasteiger charge is -2.38. The molecule has 0 bridgehead atoms. The van der Waals surface area contributed by atoms with Gasteiger partial charge in [0.2, 0.25) is 0 Å². The largest absolute Gasteiger partial charge is 0.303 e. The van der Waals surface area contributed by atoms with E-state index in [4.69, 9.17) is 4.98 Å². The molecule has 0 aliphatic carbocycles. The average molecular weight is 297 g/mol. The van der Waals surface area contributed by atoms with Gasteiger partial charge in [0.25, 0.3) is 0 Å². The molecular formula is C19H27N3. The number of nitrogens with zero attached hydrogens (tertiary/aromatic N) is 3. The fourth-order valence-electron chi connectivity index (χ4n) is 3.69. The maximum atomic E-state index is 4.75. The van der Waals surface area contributed by atoms with Crippen molar-refractivity contribution >= 4 is 0 Å². The minimum Gasteiger partial charge on any atom is -0.303 e. The van der Waals surface area contributed by atoms with Gasteiger partial charge in [0, 0.05) is 29.7 Å². The molecule has 1 aliphatic heterocycles. The lowest BCUT2D eigenvalue weighted by Crippen LogP contribution is -2.38. The van der Waals surface area contributed by atoms with Gasteiger partial charge in [0.05, 0.1) is 0 Å². The molecule has 2 aromatic rings. The molecule has 0 aromatic carbocycles. The predicted molar refractivity (Wildman–Crippen MR) is 91.5 cm³/mol. The summed E-state index contributed by atoms with van der Waals surface area (Å²) < 4.78 is 2.21. The van der Waals surface area contributed by atoms with Gasteiger partial charge in [-0.2, -0.15) is 0 Å². The van der Waals surface area contributed by atoms with E-state index in [1.165, 1.54) is 42.8 Å². The summed E-state index contributed by atoms with van der Waals surface area (Å²) in [5.41, 5.74) is 3.83. The van der Waals surface area contributed by atoms with E-state index in [0.29, 0.717) is 12.1 Å². The van der Waals surface area contributed by atoms with Crippen LogP contribution in [-0.4, -0.2) is 27.0 Å². The van der Waals surface area contributed by atoms with Crippen LogP contribution in [0.2, 0.25) is 0 Å². The van der Waals surface area contributed by atoms with E-state index in [1.807, 2.05) is 0 Å². The molecule has 1 saturated heterocycles. The van der Waals surface area contributed by atoms with Crippen LogP contribution in [0.1, 0.15) is 56.1 Å². The zero-order chi connectivity index (χ0) is 15.7. The molecule has 0 saturated carbocycles. The standard InChI is InChI=1S/C19H27N3/c1-14(2)21-12-6-5-7-18(21)17-10-11-19(20-13-17)22-15(3)8-9-16(22)4/h8-11,13-14,18H,5-7,12H2,1-4H3/t18-/m0/s1. The fourth-order valence-corrected chi connectivity index (χ4v) is 3.69. The van der Waals surface area contributed by atoms with Crippen molar-refractivity contribution in [2.45, 2.75) is 59.0 Å². The second-order valence-corrected chi connectivity index (χ2v) is 6.74. The topological polar surface area (TPSA) is 21.1 Å². The van der Waals surface area contributed by atoms with Crippen LogP contribution >= 0.6 is 0 Å². The smallest absolute Gasteiger partial charge is 0.136 e. The third-order valence-corrected chi connectivity index (χ3v) is 4.86. The van der Waals surface area contributed by atoms with Crippen LogP contribution in [0.25, 0.3) is 5.82 Å². The van der Waals surface area contributed by atoms with Gasteiger partial charge < -0.3 is 4.57 Å². The molecule has 0 amide bonds. The Hall–Kier alpha value is -1.61. The zero-order valence-electron chi connectivity index (χ0n) is 14.2. The summed E-state index contributed by atoms with van der Waals surface area (Å²) in [4.78, 5) is 7.37. The van der Waals surface area contributed by atoms with Gasteiger partial charge in [-0.15, -0.1) is 0 Å². The summed E-state index contributed by atoms with van der Waals surface area (Å²) >= 11 is 0. The van der Waals surface area contributed by atoms with Crippen molar-refractivity contribution in [2.24, 2.45) is 0 Å². The molecule has 1 atom stereocenters. The number of rotatable bonds is 3. The van der Waals surface area contributed by atoms with Crippen molar-refractivity contribution in [3.8, 4) is 5.82 Å². The number of hydrogen-bond donors (Lipinski definition) is 0. The highest BCUT2D eigenvalue weighted by atomic mass is 15.2. The molecule has 0 unspecified atom stereocenters. The van der Waals surface area contributed by atoms with Crippen LogP contribution in [0.4, 0.5) is 0 Å². The molecule has 3 heteroatoms. The van der Waals surface area contributed by atoms with Gasteiger partial charge >= 0.3 is 0 Å². The van der Waals surface area contributed by atoms with E-state index in [2.05, 4.69) is 67.6 Å². The second kappa shape index (κ2) is 6.25. The molecule has 2 aromatic heterocycles. The van der Waals surface area contributed by atoms with Crippen molar-refractivity contribution in [1.82, 2.24) is 14.5 Å². The Morgan fingerprint density at radius 3 is 2.36 bits per heavy atom. The Labute approximate surface area is 134 Å². The molecule has 3 rings (SSSR count). The molecule has 3 nitrogen and oxygen atoms in total. The second-order valence-electron chi connectivity index (χ2n) is 6.74. The van der Waals surface area contributed by atoms with Crippen molar-refractivity contribution < 1.29 is 0 Å². The Morgan fingerprint density at radius 2 is 1.77 bits per heavy atom. The highest BCUT2D eigenvalue weighted by molar-refractivity contribution is 5.33. The molecule has 0 radical (unpaired) electrons. The first-order chi connectivity index (χ1) is 10.6. The monoisotopic (exact) mass is 297 g/mol. The van der Waals surface area contributed by atoms with E-state index in [0.717, 1.165) is 5.82 Å². The summed E-state index contributed by atoms with van der Waals surface area (Å²) in [6, 6.07) is 9.86. The Morgan fingerprint density at radius 1 is 1.05 bits per heavy atom. The van der Waals surface area contributed by atoms with Gasteiger partial charge in [-0.05, 0) is 70.8 Å². The van der Waals surface area contributed by atoms with Crippen LogP contribution in [0.3, 0.4) is 0 Å².